The molecule has 0 radical (unpaired) electrons. The first-order valence-electron chi connectivity index (χ1n) is 6.68. The van der Waals surface area contributed by atoms with Gasteiger partial charge in [0, 0.05) is 18.6 Å². The van der Waals surface area contributed by atoms with Crippen LogP contribution in [-0.2, 0) is 4.79 Å². The van der Waals surface area contributed by atoms with Gasteiger partial charge in [-0.05, 0) is 42.9 Å². The van der Waals surface area contributed by atoms with Crippen molar-refractivity contribution in [1.29, 1.82) is 0 Å². The summed E-state index contributed by atoms with van der Waals surface area (Å²) in [5.41, 5.74) is 1.33. The predicted octanol–water partition coefficient (Wildman–Crippen LogP) is 2.89. The van der Waals surface area contributed by atoms with Crippen molar-refractivity contribution in [3.05, 3.63) is 27.9 Å². The average molecular weight is 385 g/mol. The number of methoxy groups -OCH3 is 1. The third-order valence-corrected chi connectivity index (χ3v) is 4.57. The second-order valence-corrected chi connectivity index (χ2v) is 5.91. The fraction of sp³-hybridized carbons (Fsp3) is 0.333. The minimum atomic E-state index is -0.132. The van der Waals surface area contributed by atoms with Crippen molar-refractivity contribution in [3.8, 4) is 11.5 Å². The molecular weight excluding hydrogens is 368 g/mol. The van der Waals surface area contributed by atoms with Crippen LogP contribution in [-0.4, -0.2) is 48.6 Å². The van der Waals surface area contributed by atoms with Crippen molar-refractivity contribution in [2.45, 2.75) is 6.92 Å². The van der Waals surface area contributed by atoms with Gasteiger partial charge in [0.15, 0.2) is 16.6 Å². The van der Waals surface area contributed by atoms with Gasteiger partial charge >= 0.3 is 0 Å². The van der Waals surface area contributed by atoms with Gasteiger partial charge in [-0.3, -0.25) is 9.69 Å². The number of carbonyl (C=O) groups excluding carboxylic acids is 1. The molecule has 1 aliphatic rings. The summed E-state index contributed by atoms with van der Waals surface area (Å²) >= 11 is 8.71. The zero-order chi connectivity index (χ0) is 16.4. The zero-order valence-electron chi connectivity index (χ0n) is 12.8. The van der Waals surface area contributed by atoms with Crippen molar-refractivity contribution in [3.63, 3.8) is 0 Å². The largest absolute Gasteiger partial charge is 0.493 e. The van der Waals surface area contributed by atoms with Crippen molar-refractivity contribution in [2.75, 3.05) is 27.8 Å². The molecule has 1 aromatic carbocycles. The van der Waals surface area contributed by atoms with Gasteiger partial charge < -0.3 is 14.4 Å². The maximum Gasteiger partial charge on any atom is 0.276 e. The van der Waals surface area contributed by atoms with Crippen LogP contribution in [0.25, 0.3) is 6.08 Å². The fourth-order valence-electron chi connectivity index (χ4n) is 2.13. The van der Waals surface area contributed by atoms with E-state index in [1.54, 1.807) is 32.2 Å². The highest BCUT2D eigenvalue weighted by Gasteiger charge is 2.32. The first-order chi connectivity index (χ1) is 10.4. The van der Waals surface area contributed by atoms with E-state index >= 15 is 0 Å². The van der Waals surface area contributed by atoms with E-state index in [0.29, 0.717) is 28.9 Å². The van der Waals surface area contributed by atoms with E-state index in [4.69, 9.17) is 21.7 Å². The molecule has 0 N–H and O–H groups in total. The molecule has 1 fully saturated rings. The van der Waals surface area contributed by atoms with Crippen molar-refractivity contribution >= 4 is 45.2 Å². The molecule has 1 heterocycles. The molecule has 1 aliphatic heterocycles. The van der Waals surface area contributed by atoms with E-state index in [9.17, 15) is 4.79 Å². The smallest absolute Gasteiger partial charge is 0.276 e. The van der Waals surface area contributed by atoms with E-state index in [1.807, 2.05) is 19.1 Å². The van der Waals surface area contributed by atoms with Gasteiger partial charge in [0.05, 0.1) is 13.7 Å². The summed E-state index contributed by atoms with van der Waals surface area (Å²) in [7, 11) is 5.02. The Morgan fingerprint density at radius 2 is 1.95 bits per heavy atom. The molecule has 0 unspecified atom stereocenters. The number of hydrogen-bond donors (Lipinski definition) is 0. The van der Waals surface area contributed by atoms with Crippen LogP contribution >= 0.6 is 28.1 Å². The van der Waals surface area contributed by atoms with Crippen molar-refractivity contribution in [1.82, 2.24) is 9.80 Å². The molecule has 1 amide bonds. The molecule has 7 heteroatoms. The summed E-state index contributed by atoms with van der Waals surface area (Å²) < 4.78 is 11.7. The van der Waals surface area contributed by atoms with E-state index < -0.39 is 0 Å². The molecule has 0 bridgehead atoms. The van der Waals surface area contributed by atoms with Gasteiger partial charge in [0.1, 0.15) is 5.70 Å². The first kappa shape index (κ1) is 16.8. The highest BCUT2D eigenvalue weighted by molar-refractivity contribution is 9.10. The SMILES string of the molecule is CCOc1cc(Br)c(/C=C2/C(=O)N(C)C(=S)N2C)cc1OC. The Morgan fingerprint density at radius 1 is 1.27 bits per heavy atom. The normalized spacial score (nSPS) is 16.7. The van der Waals surface area contributed by atoms with Crippen LogP contribution in [0.4, 0.5) is 0 Å². The van der Waals surface area contributed by atoms with E-state index in [0.717, 1.165) is 10.0 Å². The maximum atomic E-state index is 12.2. The topological polar surface area (TPSA) is 42.0 Å². The lowest BCUT2D eigenvalue weighted by Gasteiger charge is -2.13. The minimum absolute atomic E-state index is 0.132. The molecule has 0 aliphatic carbocycles. The van der Waals surface area contributed by atoms with Crippen LogP contribution in [0.2, 0.25) is 0 Å². The molecule has 0 aromatic heterocycles. The Morgan fingerprint density at radius 3 is 2.45 bits per heavy atom. The quantitative estimate of drug-likeness (QED) is 0.589. The molecule has 2 rings (SSSR count). The lowest BCUT2D eigenvalue weighted by Crippen LogP contribution is -2.26. The molecule has 118 valence electrons. The Balaban J connectivity index is 2.47. The summed E-state index contributed by atoms with van der Waals surface area (Å²) in [5.74, 6) is 1.13. The predicted molar refractivity (Wildman–Crippen MR) is 93.0 cm³/mol. The standard InChI is InChI=1S/C15H17BrN2O3S/c1-5-21-13-8-10(16)9(7-12(13)20-4)6-11-14(19)18(3)15(22)17(11)2/h6-8H,5H2,1-4H3/b11-6-. The average Bonchev–Trinajstić information content (AvgIpc) is 2.67. The molecule has 0 atom stereocenters. The summed E-state index contributed by atoms with van der Waals surface area (Å²) in [6.07, 6.45) is 1.78. The lowest BCUT2D eigenvalue weighted by molar-refractivity contribution is -0.121. The number of halogens is 1. The molecule has 5 nitrogen and oxygen atoms in total. The number of ether oxygens (including phenoxy) is 2. The molecule has 1 aromatic rings. The maximum absolute atomic E-state index is 12.2. The zero-order valence-corrected chi connectivity index (χ0v) is 15.2. The number of nitrogens with zero attached hydrogens (tertiary/aromatic N) is 2. The van der Waals surface area contributed by atoms with Gasteiger partial charge in [-0.1, -0.05) is 15.9 Å². The van der Waals surface area contributed by atoms with Crippen LogP contribution in [0.15, 0.2) is 22.3 Å². The number of carbonyl (C=O) groups is 1. The minimum Gasteiger partial charge on any atom is -0.493 e. The van der Waals surface area contributed by atoms with E-state index in [1.165, 1.54) is 4.90 Å². The van der Waals surface area contributed by atoms with Crippen LogP contribution < -0.4 is 9.47 Å². The van der Waals surface area contributed by atoms with E-state index in [2.05, 4.69) is 15.9 Å². The summed E-state index contributed by atoms with van der Waals surface area (Å²) in [6.45, 7) is 2.45. The second-order valence-electron chi connectivity index (χ2n) is 4.69. The third kappa shape index (κ3) is 2.96. The summed E-state index contributed by atoms with van der Waals surface area (Å²) in [5, 5.41) is 0.477. The van der Waals surface area contributed by atoms with Crippen molar-refractivity contribution in [2.24, 2.45) is 0 Å². The van der Waals surface area contributed by atoms with Crippen LogP contribution in [0.3, 0.4) is 0 Å². The van der Waals surface area contributed by atoms with Gasteiger partial charge in [0.2, 0.25) is 0 Å². The van der Waals surface area contributed by atoms with Crippen LogP contribution in [0, 0.1) is 0 Å². The fourth-order valence-corrected chi connectivity index (χ4v) is 2.74. The Bertz CT molecular complexity index is 660. The number of hydrogen-bond acceptors (Lipinski definition) is 4. The van der Waals surface area contributed by atoms with Crippen LogP contribution in [0.5, 0.6) is 11.5 Å². The molecular formula is C15H17BrN2O3S. The Kier molecular flexibility index (Phi) is 5.08. The second kappa shape index (κ2) is 6.66. The summed E-state index contributed by atoms with van der Waals surface area (Å²) in [4.78, 5) is 15.4. The monoisotopic (exact) mass is 384 g/mol. The Hall–Kier alpha value is -1.60. The van der Waals surface area contributed by atoms with Gasteiger partial charge in [0.25, 0.3) is 5.91 Å². The highest BCUT2D eigenvalue weighted by Crippen LogP contribution is 2.35. The lowest BCUT2D eigenvalue weighted by atomic mass is 10.1. The number of amides is 1. The summed E-state index contributed by atoms with van der Waals surface area (Å²) in [6, 6.07) is 3.65. The molecule has 0 spiro atoms. The molecule has 22 heavy (non-hydrogen) atoms. The number of rotatable bonds is 4. The van der Waals surface area contributed by atoms with Crippen molar-refractivity contribution < 1.29 is 14.3 Å². The third-order valence-electron chi connectivity index (χ3n) is 3.33. The Labute approximate surface area is 143 Å². The number of likely N-dealkylation sites (N-methyl/N-ethyl adjacent to an activating group) is 2. The first-order valence-corrected chi connectivity index (χ1v) is 7.88. The van der Waals surface area contributed by atoms with E-state index in [-0.39, 0.29) is 5.91 Å². The molecule has 0 saturated carbocycles. The molecule has 1 saturated heterocycles. The van der Waals surface area contributed by atoms with Gasteiger partial charge in [-0.25, -0.2) is 0 Å². The number of thiocarbonyl (C=S) groups is 1. The number of benzene rings is 1. The highest BCUT2D eigenvalue weighted by atomic mass is 79.9. The van der Waals surface area contributed by atoms with Gasteiger partial charge in [-0.15, -0.1) is 0 Å². The van der Waals surface area contributed by atoms with Gasteiger partial charge in [-0.2, -0.15) is 0 Å². The van der Waals surface area contributed by atoms with Crippen LogP contribution in [0.1, 0.15) is 12.5 Å².